The third kappa shape index (κ3) is 3.93. The Labute approximate surface area is 118 Å². The molecule has 1 aromatic rings. The fourth-order valence-electron chi connectivity index (χ4n) is 2.14. The van der Waals surface area contributed by atoms with Crippen LogP contribution in [0, 0.1) is 0 Å². The second kappa shape index (κ2) is 6.37. The molecule has 0 aromatic heterocycles. The van der Waals surface area contributed by atoms with E-state index in [1.54, 1.807) is 24.3 Å². The second-order valence-electron chi connectivity index (χ2n) is 4.85. The van der Waals surface area contributed by atoms with Gasteiger partial charge in [-0.25, -0.2) is 0 Å². The van der Waals surface area contributed by atoms with E-state index in [4.69, 9.17) is 16.3 Å². The maximum atomic E-state index is 12.2. The zero-order valence-corrected chi connectivity index (χ0v) is 12.0. The maximum absolute atomic E-state index is 12.2. The molecule has 1 N–H and O–H groups in total. The number of ether oxygens (including phenoxy) is 1. The molecule has 1 amide bonds. The van der Waals surface area contributed by atoms with Gasteiger partial charge < -0.3 is 10.1 Å². The van der Waals surface area contributed by atoms with E-state index in [2.05, 4.69) is 10.2 Å². The van der Waals surface area contributed by atoms with Gasteiger partial charge in [0.15, 0.2) is 0 Å². The summed E-state index contributed by atoms with van der Waals surface area (Å²) in [5.74, 6) is -0.00331. The van der Waals surface area contributed by atoms with Gasteiger partial charge in [-0.3, -0.25) is 9.69 Å². The molecule has 5 heteroatoms. The first-order valence-corrected chi connectivity index (χ1v) is 6.86. The monoisotopic (exact) mass is 282 g/mol. The molecule has 2 atom stereocenters. The average Bonchev–Trinajstić information content (AvgIpc) is 2.40. The molecule has 1 saturated heterocycles. The van der Waals surface area contributed by atoms with E-state index in [-0.39, 0.29) is 18.1 Å². The molecular weight excluding hydrogens is 264 g/mol. The number of rotatable bonds is 3. The van der Waals surface area contributed by atoms with Gasteiger partial charge in [0.1, 0.15) is 0 Å². The minimum Gasteiger partial charge on any atom is -0.376 e. The quantitative estimate of drug-likeness (QED) is 0.925. The van der Waals surface area contributed by atoms with Gasteiger partial charge in [-0.2, -0.15) is 0 Å². The van der Waals surface area contributed by atoms with E-state index in [0.29, 0.717) is 11.6 Å². The Morgan fingerprint density at radius 1 is 1.47 bits per heavy atom. The van der Waals surface area contributed by atoms with Crippen molar-refractivity contribution in [2.75, 3.05) is 25.0 Å². The lowest BCUT2D eigenvalue weighted by molar-refractivity contribution is -0.123. The van der Waals surface area contributed by atoms with Gasteiger partial charge in [-0.1, -0.05) is 11.6 Å². The fraction of sp³-hybridized carbons (Fsp3) is 0.500. The van der Waals surface area contributed by atoms with Crippen LogP contribution in [0.15, 0.2) is 24.3 Å². The summed E-state index contributed by atoms with van der Waals surface area (Å²) in [5.41, 5.74) is 0.766. The number of morpholine rings is 1. The number of halogens is 1. The highest BCUT2D eigenvalue weighted by atomic mass is 35.5. The molecule has 1 heterocycles. The van der Waals surface area contributed by atoms with E-state index in [9.17, 15) is 4.79 Å². The Morgan fingerprint density at radius 3 is 2.79 bits per heavy atom. The summed E-state index contributed by atoms with van der Waals surface area (Å²) in [6, 6.07) is 6.96. The maximum Gasteiger partial charge on any atom is 0.241 e. The summed E-state index contributed by atoms with van der Waals surface area (Å²) < 4.78 is 5.48. The first-order chi connectivity index (χ1) is 9.06. The van der Waals surface area contributed by atoms with Crippen LogP contribution in [-0.2, 0) is 9.53 Å². The summed E-state index contributed by atoms with van der Waals surface area (Å²) in [5, 5.41) is 3.56. The van der Waals surface area contributed by atoms with Crippen molar-refractivity contribution in [1.29, 1.82) is 0 Å². The van der Waals surface area contributed by atoms with Crippen molar-refractivity contribution in [2.24, 2.45) is 0 Å². The van der Waals surface area contributed by atoms with Crippen LogP contribution in [-0.4, -0.2) is 42.6 Å². The van der Waals surface area contributed by atoms with Crippen LogP contribution >= 0.6 is 11.6 Å². The van der Waals surface area contributed by atoms with E-state index < -0.39 is 0 Å². The van der Waals surface area contributed by atoms with Gasteiger partial charge in [0.05, 0.1) is 18.8 Å². The lowest BCUT2D eigenvalue weighted by Gasteiger charge is -2.34. The van der Waals surface area contributed by atoms with Crippen LogP contribution in [0.5, 0.6) is 0 Å². The summed E-state index contributed by atoms with van der Waals surface area (Å²) >= 11 is 5.81. The van der Waals surface area contributed by atoms with Crippen molar-refractivity contribution in [1.82, 2.24) is 4.90 Å². The van der Waals surface area contributed by atoms with E-state index in [1.165, 1.54) is 0 Å². The van der Waals surface area contributed by atoms with Gasteiger partial charge in [-0.05, 0) is 38.1 Å². The first-order valence-electron chi connectivity index (χ1n) is 6.48. The van der Waals surface area contributed by atoms with E-state index in [1.807, 2.05) is 13.8 Å². The van der Waals surface area contributed by atoms with Crippen LogP contribution in [0.2, 0.25) is 5.02 Å². The SMILES string of the molecule is C[C@H](C(=O)Nc1ccc(Cl)cc1)N1CCO[C@@H](C)C1. The Kier molecular flexibility index (Phi) is 4.80. The summed E-state index contributed by atoms with van der Waals surface area (Å²) in [6.07, 6.45) is 0.180. The van der Waals surface area contributed by atoms with E-state index >= 15 is 0 Å². The molecule has 1 aliphatic rings. The lowest BCUT2D eigenvalue weighted by Crippen LogP contribution is -2.50. The molecule has 1 aliphatic heterocycles. The number of hydrogen-bond acceptors (Lipinski definition) is 3. The number of benzene rings is 1. The Balaban J connectivity index is 1.93. The Hall–Kier alpha value is -1.10. The molecule has 0 radical (unpaired) electrons. The number of carbonyl (C=O) groups excluding carboxylic acids is 1. The van der Waals surface area contributed by atoms with Crippen LogP contribution in [0.25, 0.3) is 0 Å². The molecule has 0 spiro atoms. The molecule has 0 saturated carbocycles. The molecule has 0 unspecified atom stereocenters. The highest BCUT2D eigenvalue weighted by Gasteiger charge is 2.25. The van der Waals surface area contributed by atoms with Crippen LogP contribution < -0.4 is 5.32 Å². The van der Waals surface area contributed by atoms with Gasteiger partial charge in [0.25, 0.3) is 0 Å². The predicted octanol–water partition coefficient (Wildman–Crippen LogP) is 2.39. The number of nitrogens with one attached hydrogen (secondary N) is 1. The predicted molar refractivity (Wildman–Crippen MR) is 76.5 cm³/mol. The average molecular weight is 283 g/mol. The molecule has 1 fully saturated rings. The summed E-state index contributed by atoms with van der Waals surface area (Å²) in [4.78, 5) is 14.3. The summed E-state index contributed by atoms with van der Waals surface area (Å²) in [7, 11) is 0. The lowest BCUT2D eigenvalue weighted by atomic mass is 10.2. The first kappa shape index (κ1) is 14.3. The number of hydrogen-bond donors (Lipinski definition) is 1. The van der Waals surface area contributed by atoms with Crippen LogP contribution in [0.3, 0.4) is 0 Å². The number of nitrogens with zero attached hydrogens (tertiary/aromatic N) is 1. The third-order valence-corrected chi connectivity index (χ3v) is 3.56. The van der Waals surface area contributed by atoms with Crippen LogP contribution in [0.4, 0.5) is 5.69 Å². The van der Waals surface area contributed by atoms with Crippen molar-refractivity contribution >= 4 is 23.2 Å². The normalized spacial score (nSPS) is 21.9. The molecule has 4 nitrogen and oxygen atoms in total. The standard InChI is InChI=1S/C14H19ClN2O2/c1-10-9-17(7-8-19-10)11(2)14(18)16-13-5-3-12(15)4-6-13/h3-6,10-11H,7-9H2,1-2H3,(H,16,18)/t10-,11+/m0/s1. The van der Waals surface area contributed by atoms with Crippen molar-refractivity contribution in [3.63, 3.8) is 0 Å². The highest BCUT2D eigenvalue weighted by molar-refractivity contribution is 6.30. The fourth-order valence-corrected chi connectivity index (χ4v) is 2.27. The van der Waals surface area contributed by atoms with Gasteiger partial charge in [-0.15, -0.1) is 0 Å². The third-order valence-electron chi connectivity index (χ3n) is 3.31. The zero-order valence-electron chi connectivity index (χ0n) is 11.2. The van der Waals surface area contributed by atoms with Crippen molar-refractivity contribution < 1.29 is 9.53 Å². The number of carbonyl (C=O) groups is 1. The molecule has 104 valence electrons. The molecule has 19 heavy (non-hydrogen) atoms. The topological polar surface area (TPSA) is 41.6 Å². The van der Waals surface area contributed by atoms with Crippen LogP contribution in [0.1, 0.15) is 13.8 Å². The largest absolute Gasteiger partial charge is 0.376 e. The van der Waals surface area contributed by atoms with Crippen molar-refractivity contribution in [3.8, 4) is 0 Å². The smallest absolute Gasteiger partial charge is 0.241 e. The molecule has 2 rings (SSSR count). The van der Waals surface area contributed by atoms with E-state index in [0.717, 1.165) is 18.8 Å². The van der Waals surface area contributed by atoms with Gasteiger partial charge >= 0.3 is 0 Å². The Bertz CT molecular complexity index is 436. The summed E-state index contributed by atoms with van der Waals surface area (Å²) in [6.45, 7) is 6.20. The minimum atomic E-state index is -0.165. The van der Waals surface area contributed by atoms with Gasteiger partial charge in [0, 0.05) is 23.8 Å². The van der Waals surface area contributed by atoms with Crippen molar-refractivity contribution in [3.05, 3.63) is 29.3 Å². The number of anilines is 1. The Morgan fingerprint density at radius 2 is 2.16 bits per heavy atom. The second-order valence-corrected chi connectivity index (χ2v) is 5.28. The number of amides is 1. The molecule has 1 aromatic carbocycles. The zero-order chi connectivity index (χ0) is 13.8. The molecule has 0 aliphatic carbocycles. The van der Waals surface area contributed by atoms with Crippen molar-refractivity contribution in [2.45, 2.75) is 26.0 Å². The molecular formula is C14H19ClN2O2. The molecule has 0 bridgehead atoms. The highest BCUT2D eigenvalue weighted by Crippen LogP contribution is 2.15. The minimum absolute atomic E-state index is 0.00331. The van der Waals surface area contributed by atoms with Gasteiger partial charge in [0.2, 0.25) is 5.91 Å².